The van der Waals surface area contributed by atoms with E-state index in [4.69, 9.17) is 4.74 Å². The van der Waals surface area contributed by atoms with Gasteiger partial charge in [0.2, 0.25) is 0 Å². The van der Waals surface area contributed by atoms with E-state index in [2.05, 4.69) is 31.3 Å². The van der Waals surface area contributed by atoms with Crippen LogP contribution in [0.25, 0.3) is 0 Å². The number of amides is 1. The van der Waals surface area contributed by atoms with Gasteiger partial charge in [0.25, 0.3) is 5.91 Å². The summed E-state index contributed by atoms with van der Waals surface area (Å²) in [5, 5.41) is 2.97. The standard InChI is InChI=1S/C16H23NO2S2/c1-3-13(4-2)17-15(18)11-19-14-7-5-12(6-8-14)16-20-9-10-21-16/h5-8,13,16H,3-4,9-11H2,1-2H3,(H,17,18). The molecule has 1 amide bonds. The molecular formula is C16H23NO2S2. The quantitative estimate of drug-likeness (QED) is 0.826. The number of ether oxygens (including phenoxy) is 1. The van der Waals surface area contributed by atoms with Crippen molar-refractivity contribution in [2.75, 3.05) is 18.1 Å². The highest BCUT2D eigenvalue weighted by Crippen LogP contribution is 2.45. The van der Waals surface area contributed by atoms with Gasteiger partial charge in [-0.25, -0.2) is 0 Å². The van der Waals surface area contributed by atoms with Crippen molar-refractivity contribution in [1.29, 1.82) is 0 Å². The lowest BCUT2D eigenvalue weighted by Crippen LogP contribution is -2.37. The molecule has 0 aromatic heterocycles. The number of thioether (sulfide) groups is 2. The van der Waals surface area contributed by atoms with Crippen LogP contribution < -0.4 is 10.1 Å². The van der Waals surface area contributed by atoms with Gasteiger partial charge in [-0.3, -0.25) is 4.79 Å². The highest BCUT2D eigenvalue weighted by atomic mass is 32.2. The zero-order chi connectivity index (χ0) is 15.1. The van der Waals surface area contributed by atoms with E-state index in [1.165, 1.54) is 17.1 Å². The van der Waals surface area contributed by atoms with Crippen LogP contribution >= 0.6 is 23.5 Å². The third kappa shape index (κ3) is 5.15. The van der Waals surface area contributed by atoms with Crippen molar-refractivity contribution in [3.05, 3.63) is 29.8 Å². The highest BCUT2D eigenvalue weighted by Gasteiger charge is 2.18. The maximum atomic E-state index is 11.8. The van der Waals surface area contributed by atoms with E-state index in [9.17, 15) is 4.79 Å². The normalized spacial score (nSPS) is 15.4. The van der Waals surface area contributed by atoms with Gasteiger partial charge >= 0.3 is 0 Å². The number of hydrogen-bond donors (Lipinski definition) is 1. The molecule has 0 radical (unpaired) electrons. The first kappa shape index (κ1) is 16.6. The van der Waals surface area contributed by atoms with E-state index in [0.717, 1.165) is 18.6 Å². The largest absolute Gasteiger partial charge is 0.484 e. The van der Waals surface area contributed by atoms with E-state index in [1.54, 1.807) is 0 Å². The maximum Gasteiger partial charge on any atom is 0.258 e. The lowest BCUT2D eigenvalue weighted by atomic mass is 10.2. The SMILES string of the molecule is CCC(CC)NC(=O)COc1ccc(C2SCCS2)cc1. The van der Waals surface area contributed by atoms with Crippen molar-refractivity contribution in [2.24, 2.45) is 0 Å². The van der Waals surface area contributed by atoms with Crippen LogP contribution in [0.5, 0.6) is 5.75 Å². The molecule has 1 heterocycles. The molecule has 1 aromatic carbocycles. The van der Waals surface area contributed by atoms with Crippen LogP contribution in [-0.2, 0) is 4.79 Å². The summed E-state index contributed by atoms with van der Waals surface area (Å²) in [6, 6.07) is 8.37. The van der Waals surface area contributed by atoms with Gasteiger partial charge in [0, 0.05) is 17.5 Å². The molecule has 0 atom stereocenters. The van der Waals surface area contributed by atoms with Gasteiger partial charge in [-0.1, -0.05) is 26.0 Å². The van der Waals surface area contributed by atoms with Crippen LogP contribution in [0.4, 0.5) is 0 Å². The molecule has 0 bridgehead atoms. The number of rotatable bonds is 7. The van der Waals surface area contributed by atoms with Gasteiger partial charge in [0.15, 0.2) is 6.61 Å². The zero-order valence-corrected chi connectivity index (χ0v) is 14.3. The van der Waals surface area contributed by atoms with Crippen LogP contribution in [0.3, 0.4) is 0 Å². The van der Waals surface area contributed by atoms with Crippen LogP contribution in [0.15, 0.2) is 24.3 Å². The minimum absolute atomic E-state index is 0.0466. The number of benzene rings is 1. The summed E-state index contributed by atoms with van der Waals surface area (Å²) in [5.74, 6) is 3.16. The van der Waals surface area contributed by atoms with E-state index < -0.39 is 0 Å². The summed E-state index contributed by atoms with van der Waals surface area (Å²) in [6.45, 7) is 4.24. The van der Waals surface area contributed by atoms with Crippen molar-refractivity contribution in [3.8, 4) is 5.75 Å². The Balaban J connectivity index is 1.79. The Kier molecular flexibility index (Phi) is 6.77. The molecule has 5 heteroatoms. The van der Waals surface area contributed by atoms with Crippen molar-refractivity contribution >= 4 is 29.4 Å². The molecule has 2 rings (SSSR count). The average molecular weight is 325 g/mol. The summed E-state index contributed by atoms with van der Waals surface area (Å²) in [7, 11) is 0. The molecule has 116 valence electrons. The Morgan fingerprint density at radius 1 is 1.24 bits per heavy atom. The van der Waals surface area contributed by atoms with Gasteiger partial charge in [-0.15, -0.1) is 23.5 Å². The molecule has 3 nitrogen and oxygen atoms in total. The summed E-state index contributed by atoms with van der Waals surface area (Å²) >= 11 is 3.98. The molecule has 0 saturated carbocycles. The fourth-order valence-electron chi connectivity index (χ4n) is 2.18. The van der Waals surface area contributed by atoms with Crippen LogP contribution in [0.1, 0.15) is 36.8 Å². The smallest absolute Gasteiger partial charge is 0.258 e. The second-order valence-electron chi connectivity index (χ2n) is 5.01. The number of hydrogen-bond acceptors (Lipinski definition) is 4. The molecule has 0 spiro atoms. The topological polar surface area (TPSA) is 38.3 Å². The Bertz CT molecular complexity index is 440. The molecule has 0 unspecified atom stereocenters. The summed E-state index contributed by atoms with van der Waals surface area (Å²) in [6.07, 6.45) is 1.90. The van der Waals surface area contributed by atoms with E-state index in [-0.39, 0.29) is 18.6 Å². The van der Waals surface area contributed by atoms with Crippen LogP contribution in [0.2, 0.25) is 0 Å². The molecule has 1 aliphatic rings. The lowest BCUT2D eigenvalue weighted by molar-refractivity contribution is -0.123. The first-order valence-electron chi connectivity index (χ1n) is 7.48. The molecule has 21 heavy (non-hydrogen) atoms. The monoisotopic (exact) mass is 325 g/mol. The number of carbonyl (C=O) groups is 1. The van der Waals surface area contributed by atoms with Crippen molar-refractivity contribution in [2.45, 2.75) is 37.3 Å². The van der Waals surface area contributed by atoms with Crippen LogP contribution in [0, 0.1) is 0 Å². The summed E-state index contributed by atoms with van der Waals surface area (Å²) < 4.78 is 6.10. The lowest BCUT2D eigenvalue weighted by Gasteiger charge is -2.15. The van der Waals surface area contributed by atoms with Crippen molar-refractivity contribution in [1.82, 2.24) is 5.32 Å². The average Bonchev–Trinajstić information content (AvgIpc) is 3.05. The summed E-state index contributed by atoms with van der Waals surface area (Å²) in [4.78, 5) is 11.8. The number of carbonyl (C=O) groups excluding carboxylic acids is 1. The van der Waals surface area contributed by atoms with E-state index in [1.807, 2.05) is 35.7 Å². The maximum absolute atomic E-state index is 11.8. The van der Waals surface area contributed by atoms with E-state index in [0.29, 0.717) is 4.58 Å². The third-order valence-electron chi connectivity index (χ3n) is 3.49. The second kappa shape index (κ2) is 8.59. The van der Waals surface area contributed by atoms with Gasteiger partial charge in [-0.2, -0.15) is 0 Å². The third-order valence-corrected chi connectivity index (χ3v) is 6.60. The Morgan fingerprint density at radius 2 is 1.86 bits per heavy atom. The molecule has 0 aliphatic carbocycles. The molecule has 1 N–H and O–H groups in total. The molecule has 1 aromatic rings. The molecular weight excluding hydrogens is 302 g/mol. The zero-order valence-electron chi connectivity index (χ0n) is 12.6. The second-order valence-corrected chi connectivity index (χ2v) is 7.74. The highest BCUT2D eigenvalue weighted by molar-refractivity contribution is 8.19. The van der Waals surface area contributed by atoms with Gasteiger partial charge < -0.3 is 10.1 Å². The Hall–Kier alpha value is -0.810. The number of nitrogens with one attached hydrogen (secondary N) is 1. The fourth-order valence-corrected chi connectivity index (χ4v) is 5.04. The van der Waals surface area contributed by atoms with Gasteiger partial charge in [0.1, 0.15) is 5.75 Å². The molecule has 1 aliphatic heterocycles. The van der Waals surface area contributed by atoms with Gasteiger partial charge in [0.05, 0.1) is 4.58 Å². The predicted molar refractivity (Wildman–Crippen MR) is 92.1 cm³/mol. The minimum atomic E-state index is -0.0466. The van der Waals surface area contributed by atoms with Crippen molar-refractivity contribution in [3.63, 3.8) is 0 Å². The first-order valence-corrected chi connectivity index (χ1v) is 9.58. The fraction of sp³-hybridized carbons (Fsp3) is 0.562. The van der Waals surface area contributed by atoms with E-state index >= 15 is 0 Å². The van der Waals surface area contributed by atoms with Crippen molar-refractivity contribution < 1.29 is 9.53 Å². The predicted octanol–water partition coefficient (Wildman–Crippen LogP) is 3.85. The first-order chi connectivity index (χ1) is 10.2. The molecule has 1 saturated heterocycles. The summed E-state index contributed by atoms with van der Waals surface area (Å²) in [5.41, 5.74) is 1.33. The molecule has 1 fully saturated rings. The Labute approximate surface area is 135 Å². The van der Waals surface area contributed by atoms with Crippen LogP contribution in [-0.4, -0.2) is 30.1 Å². The van der Waals surface area contributed by atoms with Gasteiger partial charge in [-0.05, 0) is 30.5 Å². The minimum Gasteiger partial charge on any atom is -0.484 e. The Morgan fingerprint density at radius 3 is 2.43 bits per heavy atom.